The van der Waals surface area contributed by atoms with Crippen molar-refractivity contribution in [3.05, 3.63) is 112 Å². The third-order valence-corrected chi connectivity index (χ3v) is 5.91. The smallest absolute Gasteiger partial charge is 0.255 e. The predicted octanol–water partition coefficient (Wildman–Crippen LogP) is 5.58. The van der Waals surface area contributed by atoms with Gasteiger partial charge in [-0.15, -0.1) is 0 Å². The van der Waals surface area contributed by atoms with Gasteiger partial charge >= 0.3 is 0 Å². The summed E-state index contributed by atoms with van der Waals surface area (Å²) in [5.41, 5.74) is 3.29. The van der Waals surface area contributed by atoms with Crippen molar-refractivity contribution in [3.8, 4) is 5.75 Å². The molecule has 0 aliphatic carbocycles. The Bertz CT molecular complexity index is 1400. The molecule has 0 saturated heterocycles. The summed E-state index contributed by atoms with van der Waals surface area (Å²) < 4.78 is 21.1. The number of ether oxygens (including phenoxy) is 1. The van der Waals surface area contributed by atoms with E-state index in [4.69, 9.17) is 16.3 Å². The van der Waals surface area contributed by atoms with Crippen LogP contribution in [0.4, 0.5) is 16.0 Å². The molecule has 7 nitrogen and oxygen atoms in total. The van der Waals surface area contributed by atoms with Gasteiger partial charge in [0, 0.05) is 22.0 Å². The minimum Gasteiger partial charge on any atom is -0.489 e. The van der Waals surface area contributed by atoms with Crippen molar-refractivity contribution in [2.45, 2.75) is 19.6 Å². The summed E-state index contributed by atoms with van der Waals surface area (Å²) >= 11 is 5.98. The van der Waals surface area contributed by atoms with Gasteiger partial charge in [-0.2, -0.15) is 10.1 Å². The molecule has 35 heavy (non-hydrogen) atoms. The molecule has 1 aliphatic rings. The molecule has 1 atom stereocenters. The Hall–Kier alpha value is -4.17. The monoisotopic (exact) mass is 489 g/mol. The van der Waals surface area contributed by atoms with Crippen LogP contribution in [0.3, 0.4) is 0 Å². The van der Waals surface area contributed by atoms with Gasteiger partial charge in [0.15, 0.2) is 0 Å². The van der Waals surface area contributed by atoms with Crippen LogP contribution >= 0.6 is 11.6 Å². The Morgan fingerprint density at radius 3 is 2.63 bits per heavy atom. The van der Waals surface area contributed by atoms with Gasteiger partial charge in [-0.1, -0.05) is 41.9 Å². The minimum atomic E-state index is -0.592. The van der Waals surface area contributed by atoms with E-state index in [9.17, 15) is 9.18 Å². The largest absolute Gasteiger partial charge is 0.489 e. The van der Waals surface area contributed by atoms with E-state index in [1.807, 2.05) is 31.2 Å². The lowest BCUT2D eigenvalue weighted by Gasteiger charge is -2.29. The molecule has 9 heteroatoms. The lowest BCUT2D eigenvalue weighted by molar-refractivity contribution is -0.113. The summed E-state index contributed by atoms with van der Waals surface area (Å²) in [6.07, 6.45) is 1.44. The fourth-order valence-electron chi connectivity index (χ4n) is 3.98. The number of anilines is 2. The van der Waals surface area contributed by atoms with Gasteiger partial charge in [0.2, 0.25) is 5.95 Å². The van der Waals surface area contributed by atoms with Gasteiger partial charge in [-0.25, -0.2) is 9.07 Å². The van der Waals surface area contributed by atoms with E-state index < -0.39 is 6.04 Å². The van der Waals surface area contributed by atoms with Crippen LogP contribution in [0.15, 0.2) is 90.4 Å². The van der Waals surface area contributed by atoms with Crippen LogP contribution in [-0.4, -0.2) is 20.7 Å². The molecule has 0 saturated carbocycles. The molecule has 2 N–H and O–H groups in total. The molecular formula is C26H21ClFN5O2. The Morgan fingerprint density at radius 1 is 1.11 bits per heavy atom. The number of nitrogens with zero attached hydrogens (tertiary/aromatic N) is 3. The number of benzene rings is 3. The second-order valence-corrected chi connectivity index (χ2v) is 8.44. The average Bonchev–Trinajstić information content (AvgIpc) is 3.32. The Kier molecular flexibility index (Phi) is 6.20. The van der Waals surface area contributed by atoms with Crippen molar-refractivity contribution >= 4 is 29.1 Å². The number of hydrogen-bond acceptors (Lipinski definition) is 5. The number of halogens is 2. The Labute approximate surface area is 206 Å². The highest BCUT2D eigenvalue weighted by Gasteiger charge is 2.35. The highest BCUT2D eigenvalue weighted by molar-refractivity contribution is 6.30. The zero-order valence-electron chi connectivity index (χ0n) is 18.7. The second kappa shape index (κ2) is 9.60. The van der Waals surface area contributed by atoms with Crippen LogP contribution in [0.25, 0.3) is 0 Å². The maximum absolute atomic E-state index is 13.5. The van der Waals surface area contributed by atoms with Crippen molar-refractivity contribution in [1.82, 2.24) is 14.8 Å². The van der Waals surface area contributed by atoms with Crippen molar-refractivity contribution in [1.29, 1.82) is 0 Å². The fourth-order valence-corrected chi connectivity index (χ4v) is 4.11. The van der Waals surface area contributed by atoms with Gasteiger partial charge in [0.05, 0.1) is 5.57 Å². The summed E-state index contributed by atoms with van der Waals surface area (Å²) in [6, 6.07) is 19.9. The van der Waals surface area contributed by atoms with Gasteiger partial charge in [-0.3, -0.25) is 4.79 Å². The Balaban J connectivity index is 1.50. The first-order valence-electron chi connectivity index (χ1n) is 10.9. The van der Waals surface area contributed by atoms with Crippen molar-refractivity contribution in [3.63, 3.8) is 0 Å². The van der Waals surface area contributed by atoms with E-state index in [1.165, 1.54) is 18.5 Å². The highest BCUT2D eigenvalue weighted by Crippen LogP contribution is 2.39. The molecule has 1 aliphatic heterocycles. The zero-order chi connectivity index (χ0) is 24.4. The number of fused-ring (bicyclic) bond motifs is 1. The third-order valence-electron chi connectivity index (χ3n) is 5.66. The molecule has 1 unspecified atom stereocenters. The van der Waals surface area contributed by atoms with Crippen LogP contribution in [0.1, 0.15) is 24.1 Å². The number of amides is 1. The number of allylic oxidation sites excluding steroid dienone is 1. The lowest BCUT2D eigenvalue weighted by Crippen LogP contribution is -2.31. The van der Waals surface area contributed by atoms with E-state index in [1.54, 1.807) is 41.1 Å². The van der Waals surface area contributed by atoms with Crippen LogP contribution in [-0.2, 0) is 11.4 Å². The normalized spacial score (nSPS) is 14.8. The van der Waals surface area contributed by atoms with Crippen molar-refractivity contribution in [2.24, 2.45) is 0 Å². The standard InChI is InChI=1S/C26H21ClFN5O2/c1-16-23(25(34)32-20-12-8-18(27)9-13-20)24(33-26(31-16)29-15-30-33)21-4-2-3-5-22(21)35-14-17-6-10-19(28)11-7-17/h2-13,15,24H,14H2,1H3,(H,32,34)(H,29,30,31). The lowest BCUT2D eigenvalue weighted by atomic mass is 9.94. The maximum atomic E-state index is 13.5. The number of carbonyl (C=O) groups excluding carboxylic acids is 1. The molecular weight excluding hydrogens is 469 g/mol. The zero-order valence-corrected chi connectivity index (χ0v) is 19.5. The van der Waals surface area contributed by atoms with E-state index in [-0.39, 0.29) is 18.3 Å². The second-order valence-electron chi connectivity index (χ2n) is 8.01. The first kappa shape index (κ1) is 22.6. The molecule has 4 aromatic rings. The minimum absolute atomic E-state index is 0.238. The van der Waals surface area contributed by atoms with Gasteiger partial charge in [-0.05, 0) is 55.0 Å². The predicted molar refractivity (Wildman–Crippen MR) is 132 cm³/mol. The molecule has 0 spiro atoms. The molecule has 1 amide bonds. The summed E-state index contributed by atoms with van der Waals surface area (Å²) in [4.78, 5) is 17.8. The number of nitrogens with one attached hydrogen (secondary N) is 2. The van der Waals surface area contributed by atoms with Gasteiger partial charge < -0.3 is 15.4 Å². The number of hydrogen-bond donors (Lipinski definition) is 2. The molecule has 1 aromatic heterocycles. The van der Waals surface area contributed by atoms with E-state index in [0.717, 1.165) is 11.1 Å². The topological polar surface area (TPSA) is 81.1 Å². The van der Waals surface area contributed by atoms with Crippen molar-refractivity contribution < 1.29 is 13.9 Å². The van der Waals surface area contributed by atoms with Crippen LogP contribution in [0.5, 0.6) is 5.75 Å². The summed E-state index contributed by atoms with van der Waals surface area (Å²) in [6.45, 7) is 2.06. The summed E-state index contributed by atoms with van der Waals surface area (Å²) in [5.74, 6) is 0.495. The maximum Gasteiger partial charge on any atom is 0.255 e. The van der Waals surface area contributed by atoms with Crippen LogP contribution < -0.4 is 15.4 Å². The number of para-hydroxylation sites is 1. The number of aromatic nitrogens is 3. The SMILES string of the molecule is CC1=C(C(=O)Nc2ccc(Cl)cc2)C(c2ccccc2OCc2ccc(F)cc2)n2ncnc2N1. The summed E-state index contributed by atoms with van der Waals surface area (Å²) in [7, 11) is 0. The first-order valence-corrected chi connectivity index (χ1v) is 11.3. The molecule has 0 bridgehead atoms. The van der Waals surface area contributed by atoms with Crippen molar-refractivity contribution in [2.75, 3.05) is 10.6 Å². The third kappa shape index (κ3) is 4.74. The highest BCUT2D eigenvalue weighted by atomic mass is 35.5. The van der Waals surface area contributed by atoms with Crippen LogP contribution in [0, 0.1) is 5.82 Å². The first-order chi connectivity index (χ1) is 17.0. The molecule has 0 radical (unpaired) electrons. The van der Waals surface area contributed by atoms with E-state index >= 15 is 0 Å². The molecule has 2 heterocycles. The molecule has 3 aromatic carbocycles. The van der Waals surface area contributed by atoms with E-state index in [2.05, 4.69) is 20.7 Å². The average molecular weight is 490 g/mol. The molecule has 176 valence electrons. The number of rotatable bonds is 6. The van der Waals surface area contributed by atoms with E-state index in [0.29, 0.717) is 33.7 Å². The van der Waals surface area contributed by atoms with Gasteiger partial charge in [0.1, 0.15) is 30.5 Å². The Morgan fingerprint density at radius 2 is 1.86 bits per heavy atom. The number of carbonyl (C=O) groups is 1. The van der Waals surface area contributed by atoms with Crippen LogP contribution in [0.2, 0.25) is 5.02 Å². The summed E-state index contributed by atoms with van der Waals surface area (Å²) in [5, 5.41) is 11.1. The molecule has 0 fully saturated rings. The van der Waals surface area contributed by atoms with Gasteiger partial charge in [0.25, 0.3) is 5.91 Å². The molecule has 5 rings (SSSR count). The fraction of sp³-hybridized carbons (Fsp3) is 0.115. The quantitative estimate of drug-likeness (QED) is 0.369.